The summed E-state index contributed by atoms with van der Waals surface area (Å²) in [5, 5.41) is 5.17. The normalized spacial score (nSPS) is 24.7. The molecule has 0 aromatic heterocycles. The molecule has 2 atom stereocenters. The fourth-order valence-corrected chi connectivity index (χ4v) is 2.96. The van der Waals surface area contributed by atoms with E-state index in [0.717, 1.165) is 5.69 Å². The predicted molar refractivity (Wildman–Crippen MR) is 76.5 cm³/mol. The molecule has 1 aliphatic carbocycles. The van der Waals surface area contributed by atoms with Crippen LogP contribution in [0.15, 0.2) is 12.1 Å². The summed E-state index contributed by atoms with van der Waals surface area (Å²) < 4.78 is 0. The molecule has 2 rings (SSSR count). The maximum absolute atomic E-state index is 6.16. The second-order valence-electron chi connectivity index (χ2n) is 4.76. The van der Waals surface area contributed by atoms with E-state index in [0.29, 0.717) is 27.0 Å². The molecule has 0 heterocycles. The van der Waals surface area contributed by atoms with E-state index in [9.17, 15) is 0 Å². The molecule has 1 N–H and O–H groups in total. The Morgan fingerprint density at radius 2 is 1.65 bits per heavy atom. The van der Waals surface area contributed by atoms with Gasteiger partial charge >= 0.3 is 0 Å². The molecule has 4 heteroatoms. The summed E-state index contributed by atoms with van der Waals surface area (Å²) in [7, 11) is 0. The van der Waals surface area contributed by atoms with Crippen molar-refractivity contribution in [3.8, 4) is 0 Å². The molecule has 1 nitrogen and oxygen atoms in total. The van der Waals surface area contributed by atoms with Crippen molar-refractivity contribution in [1.29, 1.82) is 0 Å². The first-order chi connectivity index (χ1) is 8.08. The first-order valence-electron chi connectivity index (χ1n) is 5.99. The van der Waals surface area contributed by atoms with Crippen LogP contribution >= 0.6 is 34.8 Å². The van der Waals surface area contributed by atoms with E-state index in [1.165, 1.54) is 25.7 Å². The number of benzene rings is 1. The van der Waals surface area contributed by atoms with Crippen LogP contribution in [-0.4, -0.2) is 6.04 Å². The third-order valence-electron chi connectivity index (χ3n) is 3.46. The second kappa shape index (κ2) is 5.69. The van der Waals surface area contributed by atoms with Gasteiger partial charge in [0.1, 0.15) is 0 Å². The highest BCUT2D eigenvalue weighted by Gasteiger charge is 2.21. The van der Waals surface area contributed by atoms with Gasteiger partial charge in [-0.15, -0.1) is 0 Å². The van der Waals surface area contributed by atoms with E-state index >= 15 is 0 Å². The lowest BCUT2D eigenvalue weighted by Gasteiger charge is -2.30. The van der Waals surface area contributed by atoms with Crippen molar-refractivity contribution in [2.24, 2.45) is 5.92 Å². The van der Waals surface area contributed by atoms with E-state index in [2.05, 4.69) is 12.2 Å². The molecule has 0 bridgehead atoms. The number of nitrogens with one attached hydrogen (secondary N) is 1. The minimum atomic E-state index is 0.485. The Morgan fingerprint density at radius 3 is 2.35 bits per heavy atom. The first kappa shape index (κ1) is 13.3. The maximum Gasteiger partial charge on any atom is 0.0653 e. The van der Waals surface area contributed by atoms with Gasteiger partial charge in [-0.3, -0.25) is 0 Å². The van der Waals surface area contributed by atoms with Crippen LogP contribution in [0, 0.1) is 5.92 Å². The number of rotatable bonds is 2. The van der Waals surface area contributed by atoms with Gasteiger partial charge < -0.3 is 5.32 Å². The maximum atomic E-state index is 6.16. The molecule has 0 aliphatic heterocycles. The molecular formula is C13H16Cl3N. The highest BCUT2D eigenvalue weighted by atomic mass is 35.5. The zero-order chi connectivity index (χ0) is 12.4. The van der Waals surface area contributed by atoms with Crippen molar-refractivity contribution in [3.63, 3.8) is 0 Å². The van der Waals surface area contributed by atoms with Gasteiger partial charge in [-0.05, 0) is 30.9 Å². The Labute approximate surface area is 117 Å². The predicted octanol–water partition coefficient (Wildman–Crippen LogP) is 5.64. The molecule has 1 saturated carbocycles. The zero-order valence-electron chi connectivity index (χ0n) is 9.77. The Morgan fingerprint density at radius 1 is 1.00 bits per heavy atom. The first-order valence-corrected chi connectivity index (χ1v) is 7.12. The third-order valence-corrected chi connectivity index (χ3v) is 4.50. The third kappa shape index (κ3) is 3.21. The van der Waals surface area contributed by atoms with Crippen LogP contribution < -0.4 is 5.32 Å². The van der Waals surface area contributed by atoms with Gasteiger partial charge in [0.2, 0.25) is 0 Å². The van der Waals surface area contributed by atoms with Crippen LogP contribution in [0.25, 0.3) is 0 Å². The van der Waals surface area contributed by atoms with Crippen molar-refractivity contribution in [2.75, 3.05) is 5.32 Å². The topological polar surface area (TPSA) is 12.0 Å². The SMILES string of the molecule is CC1CCCCC1Nc1cc(Cl)c(Cl)cc1Cl. The molecule has 0 spiro atoms. The summed E-state index contributed by atoms with van der Waals surface area (Å²) >= 11 is 18.1. The van der Waals surface area contributed by atoms with Gasteiger partial charge in [0.25, 0.3) is 0 Å². The zero-order valence-corrected chi connectivity index (χ0v) is 12.0. The van der Waals surface area contributed by atoms with E-state index in [1.54, 1.807) is 6.07 Å². The molecule has 1 fully saturated rings. The Hall–Kier alpha value is -0.110. The van der Waals surface area contributed by atoms with Crippen molar-refractivity contribution in [3.05, 3.63) is 27.2 Å². The summed E-state index contributed by atoms with van der Waals surface area (Å²) in [5.74, 6) is 0.675. The molecule has 2 unspecified atom stereocenters. The van der Waals surface area contributed by atoms with Gasteiger partial charge in [0.05, 0.1) is 20.8 Å². The molecule has 17 heavy (non-hydrogen) atoms. The molecule has 1 aliphatic rings. The summed E-state index contributed by atoms with van der Waals surface area (Å²) in [4.78, 5) is 0. The highest BCUT2D eigenvalue weighted by Crippen LogP contribution is 2.34. The van der Waals surface area contributed by atoms with Crippen molar-refractivity contribution in [2.45, 2.75) is 38.6 Å². The fourth-order valence-electron chi connectivity index (χ4n) is 2.36. The van der Waals surface area contributed by atoms with E-state index in [4.69, 9.17) is 34.8 Å². The number of anilines is 1. The number of hydrogen-bond acceptors (Lipinski definition) is 1. The molecule has 1 aromatic rings. The molecule has 0 amide bonds. The molecule has 0 radical (unpaired) electrons. The summed E-state index contributed by atoms with van der Waals surface area (Å²) in [5.41, 5.74) is 0.889. The van der Waals surface area contributed by atoms with Crippen LogP contribution in [0.2, 0.25) is 15.1 Å². The van der Waals surface area contributed by atoms with Gasteiger partial charge in [0.15, 0.2) is 0 Å². The van der Waals surface area contributed by atoms with Gasteiger partial charge in [-0.2, -0.15) is 0 Å². The minimum absolute atomic E-state index is 0.485. The summed E-state index contributed by atoms with van der Waals surface area (Å²) in [6, 6.07) is 3.99. The number of halogens is 3. The van der Waals surface area contributed by atoms with Crippen molar-refractivity contribution < 1.29 is 0 Å². The Balaban J connectivity index is 2.15. The highest BCUT2D eigenvalue weighted by molar-refractivity contribution is 6.44. The van der Waals surface area contributed by atoms with Crippen LogP contribution in [0.5, 0.6) is 0 Å². The van der Waals surface area contributed by atoms with E-state index in [-0.39, 0.29) is 0 Å². The second-order valence-corrected chi connectivity index (χ2v) is 5.98. The average molecular weight is 293 g/mol. The quantitative estimate of drug-likeness (QED) is 0.696. The molecular weight excluding hydrogens is 277 g/mol. The van der Waals surface area contributed by atoms with Crippen LogP contribution in [0.1, 0.15) is 32.6 Å². The number of hydrogen-bond donors (Lipinski definition) is 1. The standard InChI is InChI=1S/C13H16Cl3N/c1-8-4-2-3-5-12(8)17-13-7-10(15)9(14)6-11(13)16/h6-8,12,17H,2-5H2,1H3. The van der Waals surface area contributed by atoms with Crippen LogP contribution in [-0.2, 0) is 0 Å². The lowest BCUT2D eigenvalue weighted by Crippen LogP contribution is -2.30. The fraction of sp³-hybridized carbons (Fsp3) is 0.538. The van der Waals surface area contributed by atoms with Crippen LogP contribution in [0.3, 0.4) is 0 Å². The van der Waals surface area contributed by atoms with Crippen molar-refractivity contribution >= 4 is 40.5 Å². The lowest BCUT2D eigenvalue weighted by atomic mass is 9.86. The van der Waals surface area contributed by atoms with Gasteiger partial charge in [-0.25, -0.2) is 0 Å². The van der Waals surface area contributed by atoms with E-state index in [1.807, 2.05) is 6.07 Å². The largest absolute Gasteiger partial charge is 0.381 e. The van der Waals surface area contributed by atoms with Gasteiger partial charge in [-0.1, -0.05) is 54.6 Å². The van der Waals surface area contributed by atoms with Gasteiger partial charge in [0, 0.05) is 6.04 Å². The smallest absolute Gasteiger partial charge is 0.0653 e. The van der Waals surface area contributed by atoms with Crippen molar-refractivity contribution in [1.82, 2.24) is 0 Å². The molecule has 94 valence electrons. The minimum Gasteiger partial charge on any atom is -0.381 e. The van der Waals surface area contributed by atoms with E-state index < -0.39 is 0 Å². The summed E-state index contributed by atoms with van der Waals surface area (Å²) in [6.07, 6.45) is 5.07. The average Bonchev–Trinajstić information content (AvgIpc) is 2.29. The van der Waals surface area contributed by atoms with Crippen LogP contribution in [0.4, 0.5) is 5.69 Å². The monoisotopic (exact) mass is 291 g/mol. The Kier molecular flexibility index (Phi) is 4.46. The molecule has 0 saturated heterocycles. The lowest BCUT2D eigenvalue weighted by molar-refractivity contribution is 0.349. The molecule has 1 aromatic carbocycles. The summed E-state index contributed by atoms with van der Waals surface area (Å²) in [6.45, 7) is 2.28. The Bertz CT molecular complexity index is 406.